The molecule has 0 N–H and O–H groups in total. The first kappa shape index (κ1) is 16.5. The maximum atomic E-state index is 13.1. The second-order valence-electron chi connectivity index (χ2n) is 6.22. The number of carbonyl (C=O) groups is 1. The van der Waals surface area contributed by atoms with Gasteiger partial charge >= 0.3 is 0 Å². The van der Waals surface area contributed by atoms with E-state index in [1.54, 1.807) is 17.5 Å². The minimum atomic E-state index is -0.508. The van der Waals surface area contributed by atoms with E-state index >= 15 is 0 Å². The molecule has 0 amide bonds. The zero-order valence-corrected chi connectivity index (χ0v) is 14.3. The van der Waals surface area contributed by atoms with Crippen LogP contribution in [0.3, 0.4) is 0 Å². The van der Waals surface area contributed by atoms with Crippen molar-refractivity contribution in [3.63, 3.8) is 0 Å². The molecule has 6 nitrogen and oxygen atoms in total. The van der Waals surface area contributed by atoms with Crippen LogP contribution in [0.4, 0.5) is 5.69 Å². The smallest absolute Gasteiger partial charge is 0.269 e. The third-order valence-corrected chi connectivity index (χ3v) is 4.74. The maximum Gasteiger partial charge on any atom is 0.269 e. The summed E-state index contributed by atoms with van der Waals surface area (Å²) in [6.07, 6.45) is 1.78. The fourth-order valence-corrected chi connectivity index (χ4v) is 3.42. The van der Waals surface area contributed by atoms with Crippen molar-refractivity contribution in [2.75, 3.05) is 0 Å². The Labute approximate surface area is 154 Å². The number of carbonyl (C=O) groups excluding carboxylic acids is 1. The Kier molecular flexibility index (Phi) is 3.71. The molecule has 0 saturated carbocycles. The molecule has 0 aliphatic rings. The van der Waals surface area contributed by atoms with Crippen molar-refractivity contribution in [1.29, 1.82) is 5.26 Å². The number of hydrogen-bond donors (Lipinski definition) is 0. The summed E-state index contributed by atoms with van der Waals surface area (Å²) < 4.78 is 1.74. The molecule has 0 bridgehead atoms. The van der Waals surface area contributed by atoms with Gasteiger partial charge < -0.3 is 4.40 Å². The lowest BCUT2D eigenvalue weighted by molar-refractivity contribution is -0.384. The molecule has 2 aromatic carbocycles. The quantitative estimate of drug-likeness (QED) is 0.309. The molecule has 4 aromatic rings. The predicted octanol–water partition coefficient (Wildman–Crippen LogP) is 4.41. The summed E-state index contributed by atoms with van der Waals surface area (Å²) in [5.74, 6) is -0.283. The molecule has 0 spiro atoms. The number of pyridine rings is 1. The van der Waals surface area contributed by atoms with Crippen molar-refractivity contribution >= 4 is 27.8 Å². The number of fused-ring (bicyclic) bond motifs is 3. The monoisotopic (exact) mass is 355 g/mol. The first-order valence-electron chi connectivity index (χ1n) is 8.24. The van der Waals surface area contributed by atoms with Crippen LogP contribution in [-0.4, -0.2) is 15.1 Å². The highest BCUT2D eigenvalue weighted by Gasteiger charge is 2.23. The molecule has 6 heteroatoms. The lowest BCUT2D eigenvalue weighted by Gasteiger charge is -2.06. The van der Waals surface area contributed by atoms with Gasteiger partial charge in [-0.3, -0.25) is 14.9 Å². The third-order valence-electron chi connectivity index (χ3n) is 4.74. The molecular weight excluding hydrogens is 342 g/mol. The van der Waals surface area contributed by atoms with Crippen LogP contribution in [0.1, 0.15) is 27.2 Å². The minimum Gasteiger partial charge on any atom is -0.311 e. The summed E-state index contributed by atoms with van der Waals surface area (Å²) in [6, 6.07) is 17.3. The molecule has 0 aliphatic heterocycles. The molecule has 2 aromatic heterocycles. The summed E-state index contributed by atoms with van der Waals surface area (Å²) >= 11 is 0. The van der Waals surface area contributed by atoms with E-state index in [2.05, 4.69) is 6.07 Å². The summed E-state index contributed by atoms with van der Waals surface area (Å²) in [4.78, 5) is 23.4. The van der Waals surface area contributed by atoms with E-state index in [4.69, 9.17) is 0 Å². The Hall–Kier alpha value is -3.98. The number of nitro groups is 1. The lowest BCUT2D eigenvalue weighted by Crippen LogP contribution is -2.07. The Balaban J connectivity index is 1.98. The number of ketones is 1. The van der Waals surface area contributed by atoms with Crippen molar-refractivity contribution in [2.24, 2.45) is 0 Å². The largest absolute Gasteiger partial charge is 0.311 e. The summed E-state index contributed by atoms with van der Waals surface area (Å²) in [5, 5.41) is 22.4. The van der Waals surface area contributed by atoms with Gasteiger partial charge in [-0.1, -0.05) is 24.3 Å². The Bertz CT molecular complexity index is 1280. The number of rotatable bonds is 3. The fraction of sp³-hybridized carbons (Fsp3) is 0.0476. The average Bonchev–Trinajstić information content (AvgIpc) is 2.99. The van der Waals surface area contributed by atoms with Crippen LogP contribution >= 0.6 is 0 Å². The van der Waals surface area contributed by atoms with Crippen LogP contribution in [0.15, 0.2) is 60.8 Å². The van der Waals surface area contributed by atoms with E-state index in [1.165, 1.54) is 24.3 Å². The van der Waals surface area contributed by atoms with Gasteiger partial charge in [0.15, 0.2) is 0 Å². The van der Waals surface area contributed by atoms with Gasteiger partial charge in [0.2, 0.25) is 5.78 Å². The summed E-state index contributed by atoms with van der Waals surface area (Å²) in [7, 11) is 0. The molecule has 0 fully saturated rings. The van der Waals surface area contributed by atoms with Gasteiger partial charge in [-0.05, 0) is 36.1 Å². The molecule has 4 rings (SSSR count). The molecule has 0 saturated heterocycles. The highest BCUT2D eigenvalue weighted by molar-refractivity contribution is 6.12. The van der Waals surface area contributed by atoms with Crippen molar-refractivity contribution < 1.29 is 9.72 Å². The third kappa shape index (κ3) is 2.45. The number of nitro benzene ring substituents is 1. The van der Waals surface area contributed by atoms with Crippen LogP contribution in [0.25, 0.3) is 16.3 Å². The highest BCUT2D eigenvalue weighted by atomic mass is 16.6. The van der Waals surface area contributed by atoms with Gasteiger partial charge in [-0.2, -0.15) is 5.26 Å². The Morgan fingerprint density at radius 1 is 1.11 bits per heavy atom. The normalized spacial score (nSPS) is 10.8. The van der Waals surface area contributed by atoms with Crippen LogP contribution in [0, 0.1) is 28.4 Å². The number of nitriles is 1. The zero-order chi connectivity index (χ0) is 19.1. The average molecular weight is 355 g/mol. The van der Waals surface area contributed by atoms with Crippen molar-refractivity contribution in [1.82, 2.24) is 4.40 Å². The van der Waals surface area contributed by atoms with Gasteiger partial charge in [0.1, 0.15) is 6.07 Å². The minimum absolute atomic E-state index is 0.0769. The van der Waals surface area contributed by atoms with Gasteiger partial charge in [0.05, 0.1) is 21.7 Å². The van der Waals surface area contributed by atoms with Crippen molar-refractivity contribution in [2.45, 2.75) is 6.92 Å². The highest BCUT2D eigenvalue weighted by Crippen LogP contribution is 2.30. The number of benzene rings is 2. The number of hydrogen-bond acceptors (Lipinski definition) is 4. The first-order valence-corrected chi connectivity index (χ1v) is 8.24. The van der Waals surface area contributed by atoms with E-state index in [9.17, 15) is 20.2 Å². The molecule has 0 atom stereocenters. The molecular formula is C21H13N3O3. The number of nitrogens with zero attached hydrogens (tertiary/aromatic N) is 3. The van der Waals surface area contributed by atoms with E-state index in [1.807, 2.05) is 30.3 Å². The fourth-order valence-electron chi connectivity index (χ4n) is 3.42. The Morgan fingerprint density at radius 3 is 2.48 bits per heavy atom. The summed E-state index contributed by atoms with van der Waals surface area (Å²) in [6.45, 7) is 1.75. The van der Waals surface area contributed by atoms with Gasteiger partial charge in [-0.25, -0.2) is 0 Å². The predicted molar refractivity (Wildman–Crippen MR) is 101 cm³/mol. The molecule has 2 heterocycles. The standard InChI is InChI=1S/C21H13N3O3/c1-13-18(12-22)20-17-5-3-2-4-14(17)10-11-23(20)19(13)21(25)15-6-8-16(9-7-15)24(26)27/h2-11H,1H3. The maximum absolute atomic E-state index is 13.1. The van der Waals surface area contributed by atoms with E-state index in [0.717, 1.165) is 10.8 Å². The van der Waals surface area contributed by atoms with Crippen LogP contribution in [-0.2, 0) is 0 Å². The van der Waals surface area contributed by atoms with Crippen LogP contribution < -0.4 is 0 Å². The van der Waals surface area contributed by atoms with Crippen molar-refractivity contribution in [3.05, 3.63) is 93.3 Å². The zero-order valence-electron chi connectivity index (χ0n) is 14.3. The van der Waals surface area contributed by atoms with Crippen LogP contribution in [0.2, 0.25) is 0 Å². The second-order valence-corrected chi connectivity index (χ2v) is 6.22. The first-order chi connectivity index (χ1) is 13.0. The molecule has 27 heavy (non-hydrogen) atoms. The van der Waals surface area contributed by atoms with Gasteiger partial charge in [0.25, 0.3) is 5.69 Å². The number of non-ortho nitro benzene ring substituents is 1. The van der Waals surface area contributed by atoms with E-state index < -0.39 is 4.92 Å². The molecule has 0 aliphatic carbocycles. The van der Waals surface area contributed by atoms with Crippen molar-refractivity contribution in [3.8, 4) is 6.07 Å². The van der Waals surface area contributed by atoms with Crippen LogP contribution in [0.5, 0.6) is 0 Å². The SMILES string of the molecule is Cc1c(C#N)c2c3ccccc3ccn2c1C(=O)c1ccc([N+](=O)[O-])cc1. The Morgan fingerprint density at radius 2 is 1.81 bits per heavy atom. The summed E-state index contributed by atoms with van der Waals surface area (Å²) in [5.41, 5.74) is 2.39. The van der Waals surface area contributed by atoms with Gasteiger partial charge in [0, 0.05) is 29.3 Å². The van der Waals surface area contributed by atoms with Gasteiger partial charge in [-0.15, -0.1) is 0 Å². The second kappa shape index (κ2) is 6.07. The van der Waals surface area contributed by atoms with E-state index in [-0.39, 0.29) is 11.5 Å². The topological polar surface area (TPSA) is 88.4 Å². The molecule has 130 valence electrons. The molecule has 0 unspecified atom stereocenters. The van der Waals surface area contributed by atoms with E-state index in [0.29, 0.717) is 27.9 Å². The molecule has 0 radical (unpaired) electrons. The number of aromatic nitrogens is 1. The lowest BCUT2D eigenvalue weighted by atomic mass is 10.0.